The van der Waals surface area contributed by atoms with Crippen molar-refractivity contribution in [2.24, 2.45) is 0 Å². The molecule has 4 heteroatoms. The van der Waals surface area contributed by atoms with E-state index in [-0.39, 0.29) is 11.6 Å². The van der Waals surface area contributed by atoms with E-state index < -0.39 is 0 Å². The first-order valence-corrected chi connectivity index (χ1v) is 5.81. The maximum absolute atomic E-state index is 12.6. The molecule has 0 aliphatic rings. The van der Waals surface area contributed by atoms with Gasteiger partial charge in [-0.2, -0.15) is 0 Å². The summed E-state index contributed by atoms with van der Waals surface area (Å²) in [6, 6.07) is 5.63. The number of hydrogen-bond donors (Lipinski definition) is 0. The van der Waals surface area contributed by atoms with Gasteiger partial charge in [0.15, 0.2) is 5.78 Å². The Balaban J connectivity index is 1.95. The fourth-order valence-electron chi connectivity index (χ4n) is 1.38. The van der Waals surface area contributed by atoms with Crippen molar-refractivity contribution in [2.75, 3.05) is 0 Å². The second-order valence-corrected chi connectivity index (χ2v) is 4.34. The summed E-state index contributed by atoms with van der Waals surface area (Å²) in [5.41, 5.74) is 0.554. The Labute approximate surface area is 96.8 Å². The Kier molecular flexibility index (Phi) is 3.41. The van der Waals surface area contributed by atoms with Crippen molar-refractivity contribution < 1.29 is 9.18 Å². The Hall–Kier alpha value is -1.55. The fraction of sp³-hybridized carbons (Fsp3) is 0.167. The second-order valence-electron chi connectivity index (χ2n) is 3.36. The first kappa shape index (κ1) is 11.0. The van der Waals surface area contributed by atoms with Crippen molar-refractivity contribution >= 4 is 17.1 Å². The zero-order valence-corrected chi connectivity index (χ0v) is 9.34. The van der Waals surface area contributed by atoms with Crippen LogP contribution in [0.15, 0.2) is 35.8 Å². The number of Topliss-reactive ketones (excluding diaryl/α,β-unsaturated/α-hetero) is 1. The third-order valence-electron chi connectivity index (χ3n) is 2.22. The molecule has 2 nitrogen and oxygen atoms in total. The van der Waals surface area contributed by atoms with E-state index in [4.69, 9.17) is 0 Å². The van der Waals surface area contributed by atoms with Gasteiger partial charge in [-0.1, -0.05) is 0 Å². The highest BCUT2D eigenvalue weighted by atomic mass is 32.1. The van der Waals surface area contributed by atoms with Crippen LogP contribution in [0, 0.1) is 5.82 Å². The molecule has 0 atom stereocenters. The molecular weight excluding hydrogens is 225 g/mol. The van der Waals surface area contributed by atoms with Crippen LogP contribution in [0.1, 0.15) is 21.8 Å². The van der Waals surface area contributed by atoms with E-state index in [0.29, 0.717) is 18.4 Å². The average Bonchev–Trinajstić information content (AvgIpc) is 2.80. The normalized spacial score (nSPS) is 10.3. The number of benzene rings is 1. The molecule has 82 valence electrons. The topological polar surface area (TPSA) is 30.0 Å². The van der Waals surface area contributed by atoms with E-state index in [0.717, 1.165) is 5.01 Å². The predicted octanol–water partition coefficient (Wildman–Crippen LogP) is 3.10. The SMILES string of the molecule is O=C(CCc1nccs1)c1ccc(F)cc1. The molecule has 0 aliphatic carbocycles. The van der Waals surface area contributed by atoms with Crippen molar-refractivity contribution in [3.8, 4) is 0 Å². The third kappa shape index (κ3) is 2.73. The Bertz CT molecular complexity index is 464. The number of nitrogens with zero attached hydrogens (tertiary/aromatic N) is 1. The van der Waals surface area contributed by atoms with E-state index >= 15 is 0 Å². The van der Waals surface area contributed by atoms with Gasteiger partial charge in [0.25, 0.3) is 0 Å². The molecule has 1 aromatic carbocycles. The molecule has 0 unspecified atom stereocenters. The number of hydrogen-bond acceptors (Lipinski definition) is 3. The number of halogens is 1. The van der Waals surface area contributed by atoms with Crippen LogP contribution in [-0.2, 0) is 6.42 Å². The van der Waals surface area contributed by atoms with Gasteiger partial charge < -0.3 is 0 Å². The number of ketones is 1. The van der Waals surface area contributed by atoms with Crippen LogP contribution >= 0.6 is 11.3 Å². The summed E-state index contributed by atoms with van der Waals surface area (Å²) in [5, 5.41) is 2.84. The van der Waals surface area contributed by atoms with Gasteiger partial charge in [-0.3, -0.25) is 4.79 Å². The van der Waals surface area contributed by atoms with Gasteiger partial charge in [-0.15, -0.1) is 11.3 Å². The molecule has 0 bridgehead atoms. The predicted molar refractivity (Wildman–Crippen MR) is 61.2 cm³/mol. The molecule has 0 fully saturated rings. The van der Waals surface area contributed by atoms with Gasteiger partial charge in [0, 0.05) is 30.0 Å². The van der Waals surface area contributed by atoms with Gasteiger partial charge in [0.2, 0.25) is 0 Å². The van der Waals surface area contributed by atoms with Gasteiger partial charge in [0.1, 0.15) is 5.82 Å². The monoisotopic (exact) mass is 235 g/mol. The van der Waals surface area contributed by atoms with E-state index in [2.05, 4.69) is 4.98 Å². The molecule has 0 radical (unpaired) electrons. The van der Waals surface area contributed by atoms with E-state index in [1.54, 1.807) is 6.20 Å². The molecule has 2 rings (SSSR count). The number of carbonyl (C=O) groups excluding carboxylic acids is 1. The summed E-state index contributed by atoms with van der Waals surface area (Å²) >= 11 is 1.54. The molecule has 0 aliphatic heterocycles. The lowest BCUT2D eigenvalue weighted by atomic mass is 10.1. The summed E-state index contributed by atoms with van der Waals surface area (Å²) in [6.07, 6.45) is 2.79. The summed E-state index contributed by atoms with van der Waals surface area (Å²) in [7, 11) is 0. The maximum atomic E-state index is 12.6. The van der Waals surface area contributed by atoms with Crippen molar-refractivity contribution in [2.45, 2.75) is 12.8 Å². The molecule has 1 aromatic heterocycles. The Morgan fingerprint density at radius 1 is 1.31 bits per heavy atom. The highest BCUT2D eigenvalue weighted by Crippen LogP contribution is 2.11. The summed E-state index contributed by atoms with van der Waals surface area (Å²) in [6.45, 7) is 0. The average molecular weight is 235 g/mol. The van der Waals surface area contributed by atoms with Crippen LogP contribution in [-0.4, -0.2) is 10.8 Å². The van der Waals surface area contributed by atoms with Crippen molar-refractivity contribution in [1.29, 1.82) is 0 Å². The molecule has 0 amide bonds. The summed E-state index contributed by atoms with van der Waals surface area (Å²) < 4.78 is 12.6. The van der Waals surface area contributed by atoms with Gasteiger partial charge in [-0.25, -0.2) is 9.37 Å². The summed E-state index contributed by atoms with van der Waals surface area (Å²) in [4.78, 5) is 15.8. The zero-order valence-electron chi connectivity index (χ0n) is 8.52. The first-order chi connectivity index (χ1) is 7.75. The molecule has 0 spiro atoms. The van der Waals surface area contributed by atoms with Crippen LogP contribution in [0.4, 0.5) is 4.39 Å². The number of thiazole rings is 1. The number of aryl methyl sites for hydroxylation is 1. The molecule has 0 saturated carbocycles. The molecule has 0 saturated heterocycles. The van der Waals surface area contributed by atoms with Gasteiger partial charge in [0.05, 0.1) is 5.01 Å². The Morgan fingerprint density at radius 3 is 2.69 bits per heavy atom. The highest BCUT2D eigenvalue weighted by Gasteiger charge is 2.07. The van der Waals surface area contributed by atoms with Crippen molar-refractivity contribution in [3.63, 3.8) is 0 Å². The van der Waals surface area contributed by atoms with Crippen molar-refractivity contribution in [3.05, 3.63) is 52.2 Å². The standard InChI is InChI=1S/C12H10FNOS/c13-10-3-1-9(2-4-10)11(15)5-6-12-14-7-8-16-12/h1-4,7-8H,5-6H2. The summed E-state index contributed by atoms with van der Waals surface area (Å²) in [5.74, 6) is -0.299. The largest absolute Gasteiger partial charge is 0.294 e. The lowest BCUT2D eigenvalue weighted by Crippen LogP contribution is -2.00. The Morgan fingerprint density at radius 2 is 2.06 bits per heavy atom. The van der Waals surface area contributed by atoms with Gasteiger partial charge in [-0.05, 0) is 24.3 Å². The molecule has 1 heterocycles. The second kappa shape index (κ2) is 4.99. The minimum atomic E-state index is -0.323. The fourth-order valence-corrected chi connectivity index (χ4v) is 2.00. The van der Waals surface area contributed by atoms with Gasteiger partial charge >= 0.3 is 0 Å². The minimum Gasteiger partial charge on any atom is -0.294 e. The van der Waals surface area contributed by atoms with E-state index in [9.17, 15) is 9.18 Å². The molecule has 0 N–H and O–H groups in total. The zero-order chi connectivity index (χ0) is 11.4. The van der Waals surface area contributed by atoms with Crippen LogP contribution in [0.2, 0.25) is 0 Å². The number of carbonyl (C=O) groups is 1. The molecular formula is C12H10FNOS. The van der Waals surface area contributed by atoms with Crippen LogP contribution in [0.3, 0.4) is 0 Å². The minimum absolute atomic E-state index is 0.0233. The molecule has 2 aromatic rings. The van der Waals surface area contributed by atoms with E-state index in [1.807, 2.05) is 5.38 Å². The van der Waals surface area contributed by atoms with Crippen LogP contribution < -0.4 is 0 Å². The van der Waals surface area contributed by atoms with Crippen LogP contribution in [0.25, 0.3) is 0 Å². The van der Waals surface area contributed by atoms with Crippen molar-refractivity contribution in [1.82, 2.24) is 4.98 Å². The highest BCUT2D eigenvalue weighted by molar-refractivity contribution is 7.09. The quantitative estimate of drug-likeness (QED) is 0.762. The molecule has 16 heavy (non-hydrogen) atoms. The first-order valence-electron chi connectivity index (χ1n) is 4.93. The maximum Gasteiger partial charge on any atom is 0.163 e. The lowest BCUT2D eigenvalue weighted by molar-refractivity contribution is 0.0983. The number of aromatic nitrogens is 1. The third-order valence-corrected chi connectivity index (χ3v) is 3.05. The van der Waals surface area contributed by atoms with Crippen LogP contribution in [0.5, 0.6) is 0 Å². The number of rotatable bonds is 4. The smallest absolute Gasteiger partial charge is 0.163 e. The lowest BCUT2D eigenvalue weighted by Gasteiger charge is -1.99. The van der Waals surface area contributed by atoms with E-state index in [1.165, 1.54) is 35.6 Å².